The first kappa shape index (κ1) is 22.1. The van der Waals surface area contributed by atoms with Crippen molar-refractivity contribution < 1.29 is 29.0 Å². The Bertz CT molecular complexity index is 1280. The van der Waals surface area contributed by atoms with E-state index in [-0.39, 0.29) is 33.8 Å². The maximum atomic E-state index is 12.6. The number of hydrogen-bond acceptors (Lipinski definition) is 5. The molecule has 1 aromatic heterocycles. The van der Waals surface area contributed by atoms with Crippen LogP contribution in [0.5, 0.6) is 0 Å². The highest BCUT2D eigenvalue weighted by molar-refractivity contribution is 6.09. The predicted molar refractivity (Wildman–Crippen MR) is 116 cm³/mol. The van der Waals surface area contributed by atoms with Crippen molar-refractivity contribution in [3.8, 4) is 17.4 Å². The van der Waals surface area contributed by atoms with Crippen LogP contribution in [0.15, 0.2) is 58.5 Å². The van der Waals surface area contributed by atoms with Crippen LogP contribution in [0, 0.1) is 25.2 Å². The van der Waals surface area contributed by atoms with Crippen molar-refractivity contribution in [2.24, 2.45) is 0 Å². The highest BCUT2D eigenvalue weighted by Gasteiger charge is 2.16. The first-order valence-corrected chi connectivity index (χ1v) is 9.40. The lowest BCUT2D eigenvalue weighted by atomic mass is 10.0. The topological polar surface area (TPSA) is 141 Å². The Morgan fingerprint density at radius 1 is 0.969 bits per heavy atom. The summed E-state index contributed by atoms with van der Waals surface area (Å²) in [5.41, 5.74) is 2.00. The molecule has 2 aromatic carbocycles. The van der Waals surface area contributed by atoms with E-state index in [0.717, 1.165) is 17.2 Å². The van der Waals surface area contributed by atoms with Gasteiger partial charge >= 0.3 is 11.9 Å². The minimum absolute atomic E-state index is 0.172. The van der Waals surface area contributed by atoms with Crippen molar-refractivity contribution in [2.45, 2.75) is 13.8 Å². The molecule has 1 amide bonds. The molecule has 0 fully saturated rings. The smallest absolute Gasteiger partial charge is 0.335 e. The van der Waals surface area contributed by atoms with Gasteiger partial charge in [0.2, 0.25) is 0 Å². The van der Waals surface area contributed by atoms with Crippen LogP contribution >= 0.6 is 0 Å². The van der Waals surface area contributed by atoms with Crippen LogP contribution in [-0.2, 0) is 4.79 Å². The molecule has 3 rings (SSSR count). The van der Waals surface area contributed by atoms with Crippen molar-refractivity contribution >= 4 is 29.6 Å². The molecule has 160 valence electrons. The van der Waals surface area contributed by atoms with Crippen LogP contribution in [0.4, 0.5) is 5.69 Å². The molecule has 0 bridgehead atoms. The fraction of sp³-hybridized carbons (Fsp3) is 0.0833. The molecule has 0 spiro atoms. The molecule has 0 unspecified atom stereocenters. The second-order valence-corrected chi connectivity index (χ2v) is 7.05. The van der Waals surface area contributed by atoms with E-state index in [0.29, 0.717) is 5.69 Å². The molecular formula is C24H18N2O6. The summed E-state index contributed by atoms with van der Waals surface area (Å²) in [5, 5.41) is 30.6. The van der Waals surface area contributed by atoms with Crippen molar-refractivity contribution in [1.82, 2.24) is 0 Å². The van der Waals surface area contributed by atoms with E-state index in [2.05, 4.69) is 5.32 Å². The molecule has 32 heavy (non-hydrogen) atoms. The highest BCUT2D eigenvalue weighted by Crippen LogP contribution is 2.26. The lowest BCUT2D eigenvalue weighted by Gasteiger charge is -2.08. The molecule has 0 radical (unpaired) electrons. The van der Waals surface area contributed by atoms with Gasteiger partial charge in [-0.2, -0.15) is 5.26 Å². The van der Waals surface area contributed by atoms with Gasteiger partial charge in [0.05, 0.1) is 11.1 Å². The van der Waals surface area contributed by atoms with Crippen molar-refractivity contribution in [1.29, 1.82) is 5.26 Å². The molecule has 0 saturated carbocycles. The Morgan fingerprint density at radius 3 is 2.22 bits per heavy atom. The number of nitrogens with zero attached hydrogens (tertiary/aromatic N) is 1. The van der Waals surface area contributed by atoms with Crippen molar-refractivity contribution in [3.63, 3.8) is 0 Å². The first-order valence-electron chi connectivity index (χ1n) is 9.40. The number of nitrogens with one attached hydrogen (secondary N) is 1. The summed E-state index contributed by atoms with van der Waals surface area (Å²) in [6.45, 7) is 3.72. The average Bonchev–Trinajstić information content (AvgIpc) is 3.22. The van der Waals surface area contributed by atoms with Gasteiger partial charge in [0.25, 0.3) is 5.91 Å². The van der Waals surface area contributed by atoms with Gasteiger partial charge in [0.1, 0.15) is 23.2 Å². The van der Waals surface area contributed by atoms with E-state index < -0.39 is 17.8 Å². The van der Waals surface area contributed by atoms with Gasteiger partial charge < -0.3 is 19.9 Å². The molecular weight excluding hydrogens is 412 g/mol. The Labute approximate surface area is 183 Å². The number of carbonyl (C=O) groups is 3. The highest BCUT2D eigenvalue weighted by atomic mass is 16.4. The number of furan rings is 1. The number of benzene rings is 2. The molecule has 3 aromatic rings. The average molecular weight is 430 g/mol. The number of amides is 1. The molecule has 0 aliphatic carbocycles. The Kier molecular flexibility index (Phi) is 6.21. The van der Waals surface area contributed by atoms with E-state index in [1.54, 1.807) is 6.07 Å². The number of carbonyl (C=O) groups excluding carboxylic acids is 1. The number of nitriles is 1. The van der Waals surface area contributed by atoms with Gasteiger partial charge in [0, 0.05) is 17.3 Å². The summed E-state index contributed by atoms with van der Waals surface area (Å²) in [5.74, 6) is -2.81. The van der Waals surface area contributed by atoms with Gasteiger partial charge in [-0.3, -0.25) is 4.79 Å². The second kappa shape index (κ2) is 9.02. The lowest BCUT2D eigenvalue weighted by Crippen LogP contribution is -2.14. The van der Waals surface area contributed by atoms with Crippen LogP contribution in [0.25, 0.3) is 17.4 Å². The van der Waals surface area contributed by atoms with Crippen molar-refractivity contribution in [3.05, 3.63) is 82.1 Å². The fourth-order valence-electron chi connectivity index (χ4n) is 2.95. The molecule has 0 aliphatic heterocycles. The van der Waals surface area contributed by atoms with Crippen LogP contribution in [0.1, 0.15) is 37.6 Å². The number of aromatic carboxylic acids is 2. The predicted octanol–water partition coefficient (Wildman–Crippen LogP) is 4.51. The number of anilines is 1. The monoisotopic (exact) mass is 430 g/mol. The zero-order valence-electron chi connectivity index (χ0n) is 17.2. The zero-order valence-corrected chi connectivity index (χ0v) is 17.2. The van der Waals surface area contributed by atoms with Gasteiger partial charge in [-0.25, -0.2) is 9.59 Å². The third-order valence-corrected chi connectivity index (χ3v) is 4.63. The molecule has 0 aliphatic rings. The number of hydrogen-bond donors (Lipinski definition) is 3. The molecule has 8 heteroatoms. The third kappa shape index (κ3) is 4.91. The molecule has 0 atom stereocenters. The summed E-state index contributed by atoms with van der Waals surface area (Å²) in [6, 6.07) is 14.0. The number of aryl methyl sites for hydroxylation is 2. The third-order valence-electron chi connectivity index (χ3n) is 4.63. The Morgan fingerprint density at radius 2 is 1.62 bits per heavy atom. The van der Waals surface area contributed by atoms with Gasteiger partial charge in [-0.15, -0.1) is 0 Å². The molecule has 8 nitrogen and oxygen atoms in total. The number of carboxylic acids is 2. The summed E-state index contributed by atoms with van der Waals surface area (Å²) < 4.78 is 5.62. The minimum Gasteiger partial charge on any atom is -0.478 e. The molecule has 3 N–H and O–H groups in total. The van der Waals surface area contributed by atoms with Crippen molar-refractivity contribution in [2.75, 3.05) is 5.32 Å². The number of rotatable bonds is 6. The van der Waals surface area contributed by atoms with Gasteiger partial charge in [0.15, 0.2) is 0 Å². The van der Waals surface area contributed by atoms with E-state index in [1.807, 2.05) is 32.0 Å². The molecule has 0 saturated heterocycles. The van der Waals surface area contributed by atoms with E-state index >= 15 is 0 Å². The largest absolute Gasteiger partial charge is 0.478 e. The van der Waals surface area contributed by atoms with Crippen LogP contribution < -0.4 is 5.32 Å². The zero-order chi connectivity index (χ0) is 23.4. The van der Waals surface area contributed by atoms with E-state index in [1.165, 1.54) is 30.3 Å². The quantitative estimate of drug-likeness (QED) is 0.386. The SMILES string of the molecule is Cc1ccc(C)c(NC(=O)/C(C#N)=C/c2ccc(-c3cc(C(=O)O)cc(C(=O)O)c3)o2)c1. The summed E-state index contributed by atoms with van der Waals surface area (Å²) in [4.78, 5) is 35.2. The minimum atomic E-state index is -1.28. The van der Waals surface area contributed by atoms with E-state index in [9.17, 15) is 29.9 Å². The van der Waals surface area contributed by atoms with Crippen LogP contribution in [-0.4, -0.2) is 28.1 Å². The summed E-state index contributed by atoms with van der Waals surface area (Å²) in [6.07, 6.45) is 1.25. The maximum absolute atomic E-state index is 12.6. The first-order chi connectivity index (χ1) is 15.2. The van der Waals surface area contributed by atoms with Gasteiger partial charge in [-0.05, 0) is 61.4 Å². The Hall–Kier alpha value is -4.64. The summed E-state index contributed by atoms with van der Waals surface area (Å²) >= 11 is 0. The lowest BCUT2D eigenvalue weighted by molar-refractivity contribution is -0.112. The van der Waals surface area contributed by atoms with Crippen LogP contribution in [0.3, 0.4) is 0 Å². The maximum Gasteiger partial charge on any atom is 0.335 e. The van der Waals surface area contributed by atoms with Crippen LogP contribution in [0.2, 0.25) is 0 Å². The Balaban J connectivity index is 1.91. The normalized spacial score (nSPS) is 11.0. The van der Waals surface area contributed by atoms with E-state index in [4.69, 9.17) is 4.42 Å². The standard InChI is InChI=1S/C24H18N2O6/c1-13-3-4-14(2)20(7-13)26-22(27)18(12-25)11-19-5-6-21(32-19)15-8-16(23(28)29)10-17(9-15)24(30)31/h3-11H,1-2H3,(H,26,27)(H,28,29)(H,30,31)/b18-11+. The fourth-order valence-corrected chi connectivity index (χ4v) is 2.95. The number of carboxylic acid groups (broad SMARTS) is 2. The van der Waals surface area contributed by atoms with Gasteiger partial charge in [-0.1, -0.05) is 12.1 Å². The second-order valence-electron chi connectivity index (χ2n) is 7.05. The molecule has 1 heterocycles. The summed E-state index contributed by atoms with van der Waals surface area (Å²) in [7, 11) is 0.